The first-order valence-electron chi connectivity index (χ1n) is 6.56. The molecule has 0 spiro atoms. The van der Waals surface area contributed by atoms with Crippen LogP contribution in [0.2, 0.25) is 0 Å². The molecule has 0 fully saturated rings. The van der Waals surface area contributed by atoms with Gasteiger partial charge in [0.1, 0.15) is 5.75 Å². The lowest BCUT2D eigenvalue weighted by Gasteiger charge is -2.14. The van der Waals surface area contributed by atoms with Gasteiger partial charge in [0.25, 0.3) is 0 Å². The lowest BCUT2D eigenvalue weighted by Crippen LogP contribution is -2.11. The third kappa shape index (κ3) is 3.20. The minimum Gasteiger partial charge on any atom is -0.490 e. The number of benzene rings is 2. The summed E-state index contributed by atoms with van der Waals surface area (Å²) in [6.07, 6.45) is 0.0422. The Kier molecular flexibility index (Phi) is 4.81. The van der Waals surface area contributed by atoms with Crippen LogP contribution in [0.4, 0.5) is 0 Å². The number of ether oxygens (including phenoxy) is 1. The molecule has 2 nitrogen and oxygen atoms in total. The molecule has 0 N–H and O–H groups in total. The standard InChI is InChI=1S/C17H17IO2/c1-11(2)20-15-10-5-4-8-13(15)17(19)14-9-6-7-12(3)16(14)18/h4-11H,1-3H3. The Labute approximate surface area is 133 Å². The summed E-state index contributed by atoms with van der Waals surface area (Å²) in [6, 6.07) is 13.2. The van der Waals surface area contributed by atoms with Crippen LogP contribution in [0.15, 0.2) is 42.5 Å². The van der Waals surface area contributed by atoms with E-state index in [-0.39, 0.29) is 11.9 Å². The highest BCUT2D eigenvalue weighted by atomic mass is 127. The van der Waals surface area contributed by atoms with Gasteiger partial charge in [-0.15, -0.1) is 0 Å². The average Bonchev–Trinajstić information content (AvgIpc) is 2.41. The summed E-state index contributed by atoms with van der Waals surface area (Å²) < 4.78 is 6.73. The van der Waals surface area contributed by atoms with E-state index in [2.05, 4.69) is 22.6 Å². The summed E-state index contributed by atoms with van der Waals surface area (Å²) in [7, 11) is 0. The Balaban J connectivity index is 2.46. The highest BCUT2D eigenvalue weighted by Gasteiger charge is 2.17. The maximum absolute atomic E-state index is 12.7. The second-order valence-corrected chi connectivity index (χ2v) is 6.01. The zero-order chi connectivity index (χ0) is 14.7. The monoisotopic (exact) mass is 380 g/mol. The smallest absolute Gasteiger partial charge is 0.197 e. The van der Waals surface area contributed by atoms with Crippen molar-refractivity contribution in [2.24, 2.45) is 0 Å². The highest BCUT2D eigenvalue weighted by molar-refractivity contribution is 14.1. The second-order valence-electron chi connectivity index (χ2n) is 4.93. The number of hydrogen-bond donors (Lipinski definition) is 0. The Hall–Kier alpha value is -1.36. The van der Waals surface area contributed by atoms with Crippen LogP contribution in [0.1, 0.15) is 35.3 Å². The third-order valence-electron chi connectivity index (χ3n) is 2.93. The van der Waals surface area contributed by atoms with Crippen LogP contribution in [0, 0.1) is 10.5 Å². The Morgan fingerprint density at radius 2 is 1.70 bits per heavy atom. The van der Waals surface area contributed by atoms with Gasteiger partial charge in [-0.2, -0.15) is 0 Å². The van der Waals surface area contributed by atoms with Gasteiger partial charge in [-0.1, -0.05) is 24.3 Å². The molecule has 0 aliphatic heterocycles. The minimum absolute atomic E-state index is 0.00866. The second kappa shape index (κ2) is 6.39. The van der Waals surface area contributed by atoms with E-state index in [0.29, 0.717) is 11.3 Å². The molecule has 3 heteroatoms. The lowest BCUT2D eigenvalue weighted by atomic mass is 10.0. The number of carbonyl (C=O) groups is 1. The zero-order valence-electron chi connectivity index (χ0n) is 11.8. The van der Waals surface area contributed by atoms with E-state index < -0.39 is 0 Å². The molecule has 0 heterocycles. The molecule has 2 aromatic rings. The average molecular weight is 380 g/mol. The van der Waals surface area contributed by atoms with Gasteiger partial charge in [-0.25, -0.2) is 0 Å². The minimum atomic E-state index is 0.00866. The predicted molar refractivity (Wildman–Crippen MR) is 89.5 cm³/mol. The number of aryl methyl sites for hydroxylation is 1. The van der Waals surface area contributed by atoms with E-state index in [0.717, 1.165) is 14.7 Å². The van der Waals surface area contributed by atoms with Gasteiger partial charge in [0, 0.05) is 9.13 Å². The first kappa shape index (κ1) is 15.0. The van der Waals surface area contributed by atoms with Crippen LogP contribution in [0.5, 0.6) is 5.75 Å². The fourth-order valence-corrected chi connectivity index (χ4v) is 2.58. The van der Waals surface area contributed by atoms with Crippen molar-refractivity contribution in [3.05, 3.63) is 62.7 Å². The molecular formula is C17H17IO2. The number of halogens is 1. The molecule has 0 saturated carbocycles. The van der Waals surface area contributed by atoms with E-state index in [1.807, 2.05) is 63.2 Å². The van der Waals surface area contributed by atoms with Gasteiger partial charge < -0.3 is 4.74 Å². The molecule has 20 heavy (non-hydrogen) atoms. The van der Waals surface area contributed by atoms with Crippen LogP contribution in [0.3, 0.4) is 0 Å². The van der Waals surface area contributed by atoms with Crippen molar-refractivity contribution in [3.8, 4) is 5.75 Å². The van der Waals surface area contributed by atoms with Crippen molar-refractivity contribution in [2.75, 3.05) is 0 Å². The number of hydrogen-bond acceptors (Lipinski definition) is 2. The van der Waals surface area contributed by atoms with Crippen LogP contribution in [0.25, 0.3) is 0 Å². The maximum atomic E-state index is 12.7. The van der Waals surface area contributed by atoms with Crippen molar-refractivity contribution < 1.29 is 9.53 Å². The molecule has 0 aliphatic carbocycles. The molecule has 2 aromatic carbocycles. The number of rotatable bonds is 4. The summed E-state index contributed by atoms with van der Waals surface area (Å²) in [5, 5.41) is 0. The van der Waals surface area contributed by atoms with Crippen LogP contribution in [-0.4, -0.2) is 11.9 Å². The van der Waals surface area contributed by atoms with E-state index in [1.165, 1.54) is 0 Å². The quantitative estimate of drug-likeness (QED) is 0.572. The van der Waals surface area contributed by atoms with Crippen molar-refractivity contribution >= 4 is 28.4 Å². The van der Waals surface area contributed by atoms with Gasteiger partial charge in [-0.3, -0.25) is 4.79 Å². The van der Waals surface area contributed by atoms with Crippen LogP contribution >= 0.6 is 22.6 Å². The SMILES string of the molecule is Cc1cccc(C(=O)c2ccccc2OC(C)C)c1I. The highest BCUT2D eigenvalue weighted by Crippen LogP contribution is 2.26. The topological polar surface area (TPSA) is 26.3 Å². The Morgan fingerprint density at radius 1 is 1.05 bits per heavy atom. The van der Waals surface area contributed by atoms with Crippen molar-refractivity contribution in [2.45, 2.75) is 26.9 Å². The van der Waals surface area contributed by atoms with E-state index in [4.69, 9.17) is 4.74 Å². The molecule has 0 saturated heterocycles. The summed E-state index contributed by atoms with van der Waals surface area (Å²) in [5.74, 6) is 0.652. The molecule has 0 amide bonds. The van der Waals surface area contributed by atoms with Gasteiger partial charge in [0.15, 0.2) is 5.78 Å². The normalized spacial score (nSPS) is 10.7. The fraction of sp³-hybridized carbons (Fsp3) is 0.235. The van der Waals surface area contributed by atoms with Crippen molar-refractivity contribution in [1.82, 2.24) is 0 Å². The number of para-hydroxylation sites is 1. The van der Waals surface area contributed by atoms with Gasteiger partial charge in [0.05, 0.1) is 11.7 Å². The lowest BCUT2D eigenvalue weighted by molar-refractivity contribution is 0.103. The fourth-order valence-electron chi connectivity index (χ4n) is 1.98. The largest absolute Gasteiger partial charge is 0.490 e. The molecule has 0 atom stereocenters. The summed E-state index contributed by atoms with van der Waals surface area (Å²) in [4.78, 5) is 12.7. The molecule has 0 aromatic heterocycles. The van der Waals surface area contributed by atoms with Gasteiger partial charge in [0.2, 0.25) is 0 Å². The number of carbonyl (C=O) groups excluding carboxylic acids is 1. The summed E-state index contributed by atoms with van der Waals surface area (Å²) in [6.45, 7) is 5.92. The summed E-state index contributed by atoms with van der Waals surface area (Å²) in [5.41, 5.74) is 2.45. The van der Waals surface area contributed by atoms with Crippen LogP contribution in [-0.2, 0) is 0 Å². The summed E-state index contributed by atoms with van der Waals surface area (Å²) >= 11 is 2.22. The molecule has 104 valence electrons. The molecule has 0 radical (unpaired) electrons. The zero-order valence-corrected chi connectivity index (χ0v) is 14.0. The first-order chi connectivity index (χ1) is 9.50. The maximum Gasteiger partial charge on any atom is 0.197 e. The predicted octanol–water partition coefficient (Wildman–Crippen LogP) is 4.62. The number of ketones is 1. The molecule has 0 bridgehead atoms. The van der Waals surface area contributed by atoms with Crippen molar-refractivity contribution in [3.63, 3.8) is 0 Å². The van der Waals surface area contributed by atoms with E-state index >= 15 is 0 Å². The van der Waals surface area contributed by atoms with Gasteiger partial charge >= 0.3 is 0 Å². The Morgan fingerprint density at radius 3 is 2.40 bits per heavy atom. The Bertz CT molecular complexity index is 633. The molecule has 0 unspecified atom stereocenters. The van der Waals surface area contributed by atoms with Gasteiger partial charge in [-0.05, 0) is 67.1 Å². The molecule has 2 rings (SSSR count). The molecular weight excluding hydrogens is 363 g/mol. The molecule has 0 aliphatic rings. The van der Waals surface area contributed by atoms with Crippen molar-refractivity contribution in [1.29, 1.82) is 0 Å². The van der Waals surface area contributed by atoms with Crippen LogP contribution < -0.4 is 4.74 Å². The first-order valence-corrected chi connectivity index (χ1v) is 7.64. The van der Waals surface area contributed by atoms with E-state index in [1.54, 1.807) is 0 Å². The third-order valence-corrected chi connectivity index (χ3v) is 4.36. The van der Waals surface area contributed by atoms with E-state index in [9.17, 15) is 4.79 Å².